The monoisotopic (exact) mass is 375 g/mol. The highest BCUT2D eigenvalue weighted by atomic mass is 16.5. The number of hydrogen-bond donors (Lipinski definition) is 2. The highest BCUT2D eigenvalue weighted by Crippen LogP contribution is 2.43. The molecule has 5 heteroatoms. The number of benzene rings is 1. The van der Waals surface area contributed by atoms with Gasteiger partial charge in [0.05, 0.1) is 23.6 Å². The number of aromatic nitrogens is 2. The first kappa shape index (κ1) is 18.3. The van der Waals surface area contributed by atoms with E-state index in [0.717, 1.165) is 46.1 Å². The van der Waals surface area contributed by atoms with Gasteiger partial charge in [0.15, 0.2) is 5.78 Å². The van der Waals surface area contributed by atoms with E-state index < -0.39 is 0 Å². The largest absolute Gasteiger partial charge is 0.494 e. The van der Waals surface area contributed by atoms with Crippen LogP contribution in [0.25, 0.3) is 11.3 Å². The quantitative estimate of drug-likeness (QED) is 0.629. The van der Waals surface area contributed by atoms with E-state index in [4.69, 9.17) is 4.74 Å². The van der Waals surface area contributed by atoms with E-state index in [1.165, 1.54) is 0 Å². The van der Waals surface area contributed by atoms with Gasteiger partial charge in [0.25, 0.3) is 0 Å². The summed E-state index contributed by atoms with van der Waals surface area (Å²) < 4.78 is 5.62. The molecule has 1 aromatic carbocycles. The van der Waals surface area contributed by atoms with E-state index in [1.807, 2.05) is 43.3 Å². The first-order chi connectivity index (χ1) is 13.5. The van der Waals surface area contributed by atoms with Crippen molar-refractivity contribution in [1.29, 1.82) is 0 Å². The van der Waals surface area contributed by atoms with Crippen molar-refractivity contribution in [1.82, 2.24) is 9.97 Å². The highest BCUT2D eigenvalue weighted by Gasteiger charge is 2.35. The van der Waals surface area contributed by atoms with E-state index >= 15 is 0 Å². The van der Waals surface area contributed by atoms with Crippen LogP contribution in [0.2, 0.25) is 0 Å². The van der Waals surface area contributed by atoms with Gasteiger partial charge in [0.1, 0.15) is 5.75 Å². The van der Waals surface area contributed by atoms with E-state index in [1.54, 1.807) is 12.4 Å². The Morgan fingerprint density at radius 1 is 1.18 bits per heavy atom. The van der Waals surface area contributed by atoms with Gasteiger partial charge in [-0.1, -0.05) is 19.9 Å². The summed E-state index contributed by atoms with van der Waals surface area (Å²) in [6, 6.07) is 11.7. The summed E-state index contributed by atoms with van der Waals surface area (Å²) in [6.45, 7) is 6.85. The molecule has 3 aromatic rings. The van der Waals surface area contributed by atoms with E-state index in [0.29, 0.717) is 13.0 Å². The lowest BCUT2D eigenvalue weighted by atomic mass is 9.76. The van der Waals surface area contributed by atoms with Crippen LogP contribution in [0.3, 0.4) is 0 Å². The molecule has 28 heavy (non-hydrogen) atoms. The second-order valence-electron chi connectivity index (χ2n) is 7.99. The zero-order valence-corrected chi connectivity index (χ0v) is 16.5. The second-order valence-corrected chi connectivity index (χ2v) is 7.99. The van der Waals surface area contributed by atoms with Gasteiger partial charge in [-0.25, -0.2) is 0 Å². The van der Waals surface area contributed by atoms with Crippen LogP contribution >= 0.6 is 0 Å². The van der Waals surface area contributed by atoms with Crippen LogP contribution in [-0.2, 0) is 6.42 Å². The first-order valence-electron chi connectivity index (χ1n) is 9.65. The molecule has 0 bridgehead atoms. The normalized spacial score (nSPS) is 15.2. The Labute approximate surface area is 165 Å². The number of nitrogens with zero attached hydrogens (tertiary/aromatic N) is 1. The molecule has 144 valence electrons. The van der Waals surface area contributed by atoms with Crippen LogP contribution in [0.5, 0.6) is 5.75 Å². The minimum absolute atomic E-state index is 0.0450. The molecule has 5 nitrogen and oxygen atoms in total. The van der Waals surface area contributed by atoms with Crippen molar-refractivity contribution >= 4 is 17.2 Å². The molecule has 2 heterocycles. The summed E-state index contributed by atoms with van der Waals surface area (Å²) in [5.41, 5.74) is 5.36. The molecular formula is C23H25N3O2. The number of Topliss-reactive ketones (excluding diaryl/α,β-unsaturated/α-hetero) is 1. The summed E-state index contributed by atoms with van der Waals surface area (Å²) in [7, 11) is 0. The molecule has 0 amide bonds. The minimum atomic E-state index is -0.0450. The number of pyridine rings is 1. The Kier molecular flexibility index (Phi) is 4.67. The molecule has 0 aliphatic heterocycles. The summed E-state index contributed by atoms with van der Waals surface area (Å²) >= 11 is 0. The average Bonchev–Trinajstić information content (AvgIpc) is 3.00. The van der Waals surface area contributed by atoms with E-state index in [2.05, 4.69) is 29.1 Å². The molecule has 0 saturated heterocycles. The lowest BCUT2D eigenvalue weighted by molar-refractivity contribution is 0.0912. The van der Waals surface area contributed by atoms with Gasteiger partial charge in [-0.3, -0.25) is 9.78 Å². The molecule has 0 atom stereocenters. The number of carbonyl (C=O) groups is 1. The fraction of sp³-hybridized carbons (Fsp3) is 0.304. The number of aromatic amines is 1. The third kappa shape index (κ3) is 3.52. The fourth-order valence-corrected chi connectivity index (χ4v) is 3.89. The van der Waals surface area contributed by atoms with Crippen LogP contribution in [0.15, 0.2) is 48.8 Å². The lowest BCUT2D eigenvalue weighted by Gasteiger charge is -2.28. The van der Waals surface area contributed by atoms with Crippen molar-refractivity contribution in [3.63, 3.8) is 0 Å². The zero-order chi connectivity index (χ0) is 19.7. The van der Waals surface area contributed by atoms with Crippen molar-refractivity contribution in [2.75, 3.05) is 11.9 Å². The SMILES string of the molecule is CCOc1cccc(Nc2c(-c3ccncc3)[nH]c3c2C(=O)CC(C)(C)C3)c1. The lowest BCUT2D eigenvalue weighted by Crippen LogP contribution is -2.26. The minimum Gasteiger partial charge on any atom is -0.494 e. The van der Waals surface area contributed by atoms with Gasteiger partial charge in [-0.2, -0.15) is 0 Å². The third-order valence-electron chi connectivity index (χ3n) is 5.03. The Hall–Kier alpha value is -3.08. The Morgan fingerprint density at radius 3 is 2.71 bits per heavy atom. The Morgan fingerprint density at radius 2 is 1.96 bits per heavy atom. The molecule has 0 saturated carbocycles. The zero-order valence-electron chi connectivity index (χ0n) is 16.5. The number of nitrogens with one attached hydrogen (secondary N) is 2. The van der Waals surface area contributed by atoms with Gasteiger partial charge >= 0.3 is 0 Å². The van der Waals surface area contributed by atoms with Gasteiger partial charge in [-0.05, 0) is 43.0 Å². The fourth-order valence-electron chi connectivity index (χ4n) is 3.89. The van der Waals surface area contributed by atoms with Gasteiger partial charge in [0, 0.05) is 41.8 Å². The molecule has 1 aliphatic carbocycles. The molecule has 2 aromatic heterocycles. The molecule has 0 unspecified atom stereocenters. The first-order valence-corrected chi connectivity index (χ1v) is 9.65. The number of ether oxygens (including phenoxy) is 1. The maximum atomic E-state index is 13.0. The van der Waals surface area contributed by atoms with Crippen LogP contribution in [0, 0.1) is 5.41 Å². The van der Waals surface area contributed by atoms with Gasteiger partial charge in [0.2, 0.25) is 0 Å². The van der Waals surface area contributed by atoms with Gasteiger partial charge in [-0.15, -0.1) is 0 Å². The number of carbonyl (C=O) groups excluding carboxylic acids is 1. The number of ketones is 1. The summed E-state index contributed by atoms with van der Waals surface area (Å²) in [6.07, 6.45) is 4.91. The van der Waals surface area contributed by atoms with Crippen molar-refractivity contribution in [3.8, 4) is 17.0 Å². The number of rotatable bonds is 5. The summed E-state index contributed by atoms with van der Waals surface area (Å²) in [5.74, 6) is 0.973. The molecule has 1 aliphatic rings. The number of anilines is 2. The highest BCUT2D eigenvalue weighted by molar-refractivity contribution is 6.07. The molecule has 0 fully saturated rings. The van der Waals surface area contributed by atoms with Crippen LogP contribution in [-0.4, -0.2) is 22.4 Å². The van der Waals surface area contributed by atoms with Crippen molar-refractivity contribution in [2.45, 2.75) is 33.6 Å². The van der Waals surface area contributed by atoms with Gasteiger partial charge < -0.3 is 15.0 Å². The second kappa shape index (κ2) is 7.15. The molecule has 4 rings (SSSR count). The van der Waals surface area contributed by atoms with Crippen molar-refractivity contribution in [3.05, 3.63) is 60.0 Å². The number of hydrogen-bond acceptors (Lipinski definition) is 4. The molecule has 2 N–H and O–H groups in total. The van der Waals surface area contributed by atoms with Crippen LogP contribution in [0.4, 0.5) is 11.4 Å². The van der Waals surface area contributed by atoms with Crippen LogP contribution in [0.1, 0.15) is 43.2 Å². The standard InChI is InChI=1S/C23H25N3O2/c1-4-28-17-7-5-6-16(12-17)25-22-20-18(13-23(2,3)14-19(20)27)26-21(22)15-8-10-24-11-9-15/h5-12,25-26H,4,13-14H2,1-3H3. The maximum absolute atomic E-state index is 13.0. The Bertz CT molecular complexity index is 1010. The predicted molar refractivity (Wildman–Crippen MR) is 111 cm³/mol. The number of fused-ring (bicyclic) bond motifs is 1. The third-order valence-corrected chi connectivity index (χ3v) is 5.03. The van der Waals surface area contributed by atoms with Crippen molar-refractivity contribution in [2.24, 2.45) is 5.41 Å². The smallest absolute Gasteiger partial charge is 0.167 e. The molecular weight excluding hydrogens is 350 g/mol. The molecule has 0 spiro atoms. The van der Waals surface area contributed by atoms with E-state index in [-0.39, 0.29) is 11.2 Å². The Balaban J connectivity index is 1.82. The van der Waals surface area contributed by atoms with E-state index in [9.17, 15) is 4.79 Å². The number of H-pyrrole nitrogens is 1. The maximum Gasteiger partial charge on any atom is 0.167 e. The summed E-state index contributed by atoms with van der Waals surface area (Å²) in [5, 5.41) is 3.48. The topological polar surface area (TPSA) is 67.0 Å². The molecule has 0 radical (unpaired) electrons. The average molecular weight is 375 g/mol. The van der Waals surface area contributed by atoms with Crippen LogP contribution < -0.4 is 10.1 Å². The van der Waals surface area contributed by atoms with Crippen molar-refractivity contribution < 1.29 is 9.53 Å². The predicted octanol–water partition coefficient (Wildman–Crippen LogP) is 5.37. The summed E-state index contributed by atoms with van der Waals surface area (Å²) in [4.78, 5) is 20.7.